The molecule has 1 N–H and O–H groups in total. The van der Waals surface area contributed by atoms with Gasteiger partial charge in [0.25, 0.3) is 0 Å². The van der Waals surface area contributed by atoms with Crippen LogP contribution < -0.4 is 0 Å². The summed E-state index contributed by atoms with van der Waals surface area (Å²) >= 11 is 7.53. The second kappa shape index (κ2) is 5.41. The van der Waals surface area contributed by atoms with Crippen molar-refractivity contribution in [2.45, 2.75) is 10.9 Å². The van der Waals surface area contributed by atoms with E-state index in [1.807, 2.05) is 7.05 Å². The molecule has 1 aromatic carbocycles. The fraction of sp³-hybridized carbons (Fsp3) is 0.182. The van der Waals surface area contributed by atoms with Gasteiger partial charge in [0.05, 0.1) is 5.56 Å². The molecular weight excluding hydrogens is 274 g/mol. The van der Waals surface area contributed by atoms with Gasteiger partial charge in [-0.15, -0.1) is 0 Å². The summed E-state index contributed by atoms with van der Waals surface area (Å²) in [7, 11) is 1.81. The van der Waals surface area contributed by atoms with Crippen molar-refractivity contribution in [3.8, 4) is 0 Å². The molecule has 0 atom stereocenters. The minimum absolute atomic E-state index is 0.187. The van der Waals surface area contributed by atoms with Crippen LogP contribution in [0.4, 0.5) is 0 Å². The van der Waals surface area contributed by atoms with Crippen molar-refractivity contribution in [2.24, 2.45) is 7.05 Å². The third-order valence-corrected chi connectivity index (χ3v) is 3.76. The maximum atomic E-state index is 10.8. The van der Waals surface area contributed by atoms with Crippen LogP contribution in [0, 0.1) is 0 Å². The quantitative estimate of drug-likeness (QED) is 0.873. The zero-order valence-electron chi connectivity index (χ0n) is 9.50. The molecule has 0 saturated heterocycles. The van der Waals surface area contributed by atoms with Gasteiger partial charge in [-0.1, -0.05) is 29.4 Å². The van der Waals surface area contributed by atoms with Gasteiger partial charge in [0.2, 0.25) is 0 Å². The molecule has 0 radical (unpaired) electrons. The summed E-state index contributed by atoms with van der Waals surface area (Å²) in [5.74, 6) is -0.366. The summed E-state index contributed by atoms with van der Waals surface area (Å²) in [6, 6.07) is 4.71. The fourth-order valence-corrected chi connectivity index (χ4v) is 2.57. The number of aryl methyl sites for hydroxylation is 1. The highest BCUT2D eigenvalue weighted by Crippen LogP contribution is 2.25. The number of carboxylic acids is 1. The molecule has 0 aliphatic carbocycles. The summed E-state index contributed by atoms with van der Waals surface area (Å²) in [6.07, 6.45) is 1.48. The average Bonchev–Trinajstić information content (AvgIpc) is 2.73. The van der Waals surface area contributed by atoms with E-state index in [4.69, 9.17) is 16.7 Å². The molecule has 18 heavy (non-hydrogen) atoms. The fourth-order valence-electron chi connectivity index (χ4n) is 1.36. The zero-order valence-corrected chi connectivity index (χ0v) is 11.1. The Morgan fingerprint density at radius 1 is 1.56 bits per heavy atom. The standard InChI is InChI=1S/C11H10ClN3O2S/c1-15-11(13-6-14-15)18-5-8-3-2-7(10(16)17)4-9(8)12/h2-4,6H,5H2,1H3,(H,16,17). The Bertz CT molecular complexity index is 585. The van der Waals surface area contributed by atoms with E-state index >= 15 is 0 Å². The average molecular weight is 284 g/mol. The van der Waals surface area contributed by atoms with Gasteiger partial charge in [-0.25, -0.2) is 14.5 Å². The van der Waals surface area contributed by atoms with Crippen LogP contribution in [-0.4, -0.2) is 25.8 Å². The van der Waals surface area contributed by atoms with Crippen LogP contribution >= 0.6 is 23.4 Å². The van der Waals surface area contributed by atoms with Gasteiger partial charge in [-0.3, -0.25) is 0 Å². The van der Waals surface area contributed by atoms with Crippen molar-refractivity contribution >= 4 is 29.3 Å². The van der Waals surface area contributed by atoms with Crippen LogP contribution in [0.25, 0.3) is 0 Å². The van der Waals surface area contributed by atoms with Crippen molar-refractivity contribution in [2.75, 3.05) is 0 Å². The van der Waals surface area contributed by atoms with Crippen LogP contribution in [0.15, 0.2) is 29.7 Å². The molecule has 0 saturated carbocycles. The summed E-state index contributed by atoms with van der Waals surface area (Å²) in [6.45, 7) is 0. The molecule has 0 fully saturated rings. The number of halogens is 1. The molecule has 0 aliphatic heterocycles. The van der Waals surface area contributed by atoms with Crippen LogP contribution in [0.2, 0.25) is 5.02 Å². The first-order valence-electron chi connectivity index (χ1n) is 5.06. The normalized spacial score (nSPS) is 10.6. The van der Waals surface area contributed by atoms with Crippen molar-refractivity contribution in [3.05, 3.63) is 40.7 Å². The van der Waals surface area contributed by atoms with Crippen molar-refractivity contribution in [3.63, 3.8) is 0 Å². The van der Waals surface area contributed by atoms with Crippen molar-refractivity contribution < 1.29 is 9.90 Å². The summed E-state index contributed by atoms with van der Waals surface area (Å²) in [5.41, 5.74) is 1.06. The van der Waals surface area contributed by atoms with Crippen molar-refractivity contribution in [1.29, 1.82) is 0 Å². The molecule has 0 spiro atoms. The first kappa shape index (κ1) is 12.9. The molecule has 1 aromatic heterocycles. The molecule has 0 aliphatic rings. The Labute approximate surface area is 113 Å². The lowest BCUT2D eigenvalue weighted by Crippen LogP contribution is -1.97. The van der Waals surface area contributed by atoms with E-state index in [0.717, 1.165) is 10.7 Å². The number of hydrogen-bond acceptors (Lipinski definition) is 4. The maximum Gasteiger partial charge on any atom is 0.335 e. The summed E-state index contributed by atoms with van der Waals surface area (Å²) in [4.78, 5) is 14.9. The lowest BCUT2D eigenvalue weighted by atomic mass is 10.1. The summed E-state index contributed by atoms with van der Waals surface area (Å²) < 4.78 is 1.67. The largest absolute Gasteiger partial charge is 0.478 e. The molecule has 7 heteroatoms. The van der Waals surface area contributed by atoms with Crippen molar-refractivity contribution in [1.82, 2.24) is 14.8 Å². The predicted molar refractivity (Wildman–Crippen MR) is 69.0 cm³/mol. The summed E-state index contributed by atoms with van der Waals surface area (Å²) in [5, 5.41) is 14.0. The smallest absolute Gasteiger partial charge is 0.335 e. The SMILES string of the molecule is Cn1ncnc1SCc1ccc(C(=O)O)cc1Cl. The number of hydrogen-bond donors (Lipinski definition) is 1. The number of carboxylic acid groups (broad SMARTS) is 1. The highest BCUT2D eigenvalue weighted by Gasteiger charge is 2.08. The Kier molecular flexibility index (Phi) is 3.88. The van der Waals surface area contributed by atoms with E-state index in [1.54, 1.807) is 16.8 Å². The number of nitrogens with zero attached hydrogens (tertiary/aromatic N) is 3. The molecule has 0 unspecified atom stereocenters. The van der Waals surface area contributed by atoms with Crippen LogP contribution in [0.3, 0.4) is 0 Å². The van der Waals surface area contributed by atoms with Gasteiger partial charge < -0.3 is 5.11 Å². The van der Waals surface area contributed by atoms with Gasteiger partial charge in [0, 0.05) is 17.8 Å². The number of benzene rings is 1. The molecule has 2 aromatic rings. The molecule has 2 rings (SSSR count). The number of aromatic nitrogens is 3. The molecule has 94 valence electrons. The Morgan fingerprint density at radius 3 is 2.89 bits per heavy atom. The Hall–Kier alpha value is -1.53. The van der Waals surface area contributed by atoms with E-state index < -0.39 is 5.97 Å². The number of thioether (sulfide) groups is 1. The number of rotatable bonds is 4. The molecule has 5 nitrogen and oxygen atoms in total. The van der Waals surface area contributed by atoms with Crippen LogP contribution in [-0.2, 0) is 12.8 Å². The van der Waals surface area contributed by atoms with E-state index in [9.17, 15) is 4.79 Å². The second-order valence-corrected chi connectivity index (χ2v) is 4.92. The van der Waals surface area contributed by atoms with E-state index in [1.165, 1.54) is 24.2 Å². The third kappa shape index (κ3) is 2.83. The van der Waals surface area contributed by atoms with Gasteiger partial charge >= 0.3 is 5.97 Å². The highest BCUT2D eigenvalue weighted by molar-refractivity contribution is 7.98. The van der Waals surface area contributed by atoms with E-state index in [2.05, 4.69) is 10.1 Å². The predicted octanol–water partition coefficient (Wildman–Crippen LogP) is 2.46. The number of carbonyl (C=O) groups is 1. The first-order valence-corrected chi connectivity index (χ1v) is 6.43. The van der Waals surface area contributed by atoms with Crippen LogP contribution in [0.1, 0.15) is 15.9 Å². The molecule has 1 heterocycles. The van der Waals surface area contributed by atoms with Gasteiger partial charge in [-0.2, -0.15) is 5.10 Å². The molecule has 0 bridgehead atoms. The topological polar surface area (TPSA) is 68.0 Å². The lowest BCUT2D eigenvalue weighted by Gasteiger charge is -2.04. The third-order valence-electron chi connectivity index (χ3n) is 2.33. The van der Waals surface area contributed by atoms with Crippen LogP contribution in [0.5, 0.6) is 0 Å². The molecule has 0 amide bonds. The monoisotopic (exact) mass is 283 g/mol. The lowest BCUT2D eigenvalue weighted by molar-refractivity contribution is 0.0697. The minimum Gasteiger partial charge on any atom is -0.478 e. The number of aromatic carboxylic acids is 1. The minimum atomic E-state index is -0.982. The zero-order chi connectivity index (χ0) is 13.1. The highest BCUT2D eigenvalue weighted by atomic mass is 35.5. The molecular formula is C11H10ClN3O2S. The van der Waals surface area contributed by atoms with E-state index in [-0.39, 0.29) is 5.56 Å². The van der Waals surface area contributed by atoms with Gasteiger partial charge in [0.1, 0.15) is 6.33 Å². The first-order chi connectivity index (χ1) is 8.58. The Morgan fingerprint density at radius 2 is 2.33 bits per heavy atom. The Balaban J connectivity index is 2.11. The van der Waals surface area contributed by atoms with Gasteiger partial charge in [0.15, 0.2) is 5.16 Å². The van der Waals surface area contributed by atoms with E-state index in [0.29, 0.717) is 10.8 Å². The second-order valence-electron chi connectivity index (χ2n) is 3.57. The van der Waals surface area contributed by atoms with Gasteiger partial charge in [-0.05, 0) is 17.7 Å². The maximum absolute atomic E-state index is 10.8.